The van der Waals surface area contributed by atoms with Gasteiger partial charge in [-0.05, 0) is 38.7 Å². The van der Waals surface area contributed by atoms with Crippen LogP contribution >= 0.6 is 0 Å². The molecule has 0 radical (unpaired) electrons. The van der Waals surface area contributed by atoms with E-state index in [-0.39, 0.29) is 5.60 Å². The van der Waals surface area contributed by atoms with E-state index < -0.39 is 0 Å². The van der Waals surface area contributed by atoms with Crippen LogP contribution in [0.2, 0.25) is 0 Å². The quantitative estimate of drug-likeness (QED) is 0.663. The number of piperidine rings is 1. The van der Waals surface area contributed by atoms with E-state index >= 15 is 0 Å². The average Bonchev–Trinajstić information content (AvgIpc) is 2.96. The van der Waals surface area contributed by atoms with Crippen molar-refractivity contribution < 1.29 is 9.15 Å². The van der Waals surface area contributed by atoms with Gasteiger partial charge in [-0.1, -0.05) is 6.92 Å². The standard InChI is InChI=1S/C20H24N4O2/c1-12-5-4-6-24(9-12)18-17-16(21-11-22-18)14-7-13-10-25-20(2,3)8-15(13)23-19(14)26-17/h7,11-12H,4-6,8-10H2,1-3H3/t12-/m1/s1. The zero-order valence-electron chi connectivity index (χ0n) is 15.6. The van der Waals surface area contributed by atoms with Gasteiger partial charge in [0.05, 0.1) is 23.3 Å². The number of hydrogen-bond donors (Lipinski definition) is 0. The molecule has 1 atom stereocenters. The Bertz CT molecular complexity index is 994. The molecule has 3 aromatic heterocycles. The normalized spacial score (nSPS) is 22.7. The Kier molecular flexibility index (Phi) is 3.47. The number of nitrogens with zero attached hydrogens (tertiary/aromatic N) is 4. The molecule has 0 bridgehead atoms. The first-order valence-corrected chi connectivity index (χ1v) is 9.45. The molecule has 0 spiro atoms. The van der Waals surface area contributed by atoms with E-state index in [4.69, 9.17) is 14.1 Å². The molecule has 3 aromatic rings. The number of furan rings is 1. The fraction of sp³-hybridized carbons (Fsp3) is 0.550. The second-order valence-electron chi connectivity index (χ2n) is 8.34. The zero-order chi connectivity index (χ0) is 17.9. The summed E-state index contributed by atoms with van der Waals surface area (Å²) in [7, 11) is 0. The van der Waals surface area contributed by atoms with Crippen molar-refractivity contribution in [3.05, 3.63) is 23.7 Å². The van der Waals surface area contributed by atoms with E-state index in [2.05, 4.69) is 41.7 Å². The second-order valence-corrected chi connectivity index (χ2v) is 8.34. The first-order chi connectivity index (χ1) is 12.5. The third-order valence-electron chi connectivity index (χ3n) is 5.56. The molecular formula is C20H24N4O2. The van der Waals surface area contributed by atoms with Gasteiger partial charge in [0.2, 0.25) is 5.71 Å². The molecule has 0 aliphatic carbocycles. The fourth-order valence-electron chi connectivity index (χ4n) is 4.18. The van der Waals surface area contributed by atoms with Crippen LogP contribution in [0.5, 0.6) is 0 Å². The Morgan fingerprint density at radius 2 is 2.15 bits per heavy atom. The maximum absolute atomic E-state index is 6.19. The molecule has 136 valence electrons. The number of fused-ring (bicyclic) bond motifs is 4. The lowest BCUT2D eigenvalue weighted by Gasteiger charge is -2.31. The first-order valence-electron chi connectivity index (χ1n) is 9.45. The Morgan fingerprint density at radius 3 is 3.00 bits per heavy atom. The van der Waals surface area contributed by atoms with Crippen molar-refractivity contribution in [2.24, 2.45) is 5.92 Å². The summed E-state index contributed by atoms with van der Waals surface area (Å²) in [5, 5.41) is 0.954. The average molecular weight is 352 g/mol. The summed E-state index contributed by atoms with van der Waals surface area (Å²) in [5.41, 5.74) is 4.27. The molecule has 2 aliphatic rings. The number of aromatic nitrogens is 3. The maximum atomic E-state index is 6.19. The van der Waals surface area contributed by atoms with Crippen molar-refractivity contribution in [2.75, 3.05) is 18.0 Å². The van der Waals surface area contributed by atoms with Gasteiger partial charge in [-0.15, -0.1) is 0 Å². The van der Waals surface area contributed by atoms with Crippen LogP contribution in [0.3, 0.4) is 0 Å². The molecule has 0 saturated carbocycles. The van der Waals surface area contributed by atoms with E-state index in [1.807, 2.05) is 0 Å². The summed E-state index contributed by atoms with van der Waals surface area (Å²) >= 11 is 0. The van der Waals surface area contributed by atoms with Crippen LogP contribution in [0.4, 0.5) is 5.82 Å². The van der Waals surface area contributed by atoms with Crippen LogP contribution in [0, 0.1) is 5.92 Å². The lowest BCUT2D eigenvalue weighted by molar-refractivity contribution is -0.0411. The number of hydrogen-bond acceptors (Lipinski definition) is 6. The summed E-state index contributed by atoms with van der Waals surface area (Å²) in [6, 6.07) is 2.13. The molecule has 6 nitrogen and oxygen atoms in total. The molecule has 5 rings (SSSR count). The van der Waals surface area contributed by atoms with E-state index in [0.29, 0.717) is 18.2 Å². The van der Waals surface area contributed by atoms with Crippen LogP contribution < -0.4 is 4.90 Å². The number of anilines is 1. The van der Waals surface area contributed by atoms with E-state index in [1.54, 1.807) is 6.33 Å². The van der Waals surface area contributed by atoms with Crippen LogP contribution in [-0.2, 0) is 17.8 Å². The van der Waals surface area contributed by atoms with Crippen molar-refractivity contribution in [2.45, 2.75) is 52.2 Å². The molecule has 0 N–H and O–H groups in total. The van der Waals surface area contributed by atoms with E-state index in [1.165, 1.54) is 12.8 Å². The highest BCUT2D eigenvalue weighted by Gasteiger charge is 2.29. The first kappa shape index (κ1) is 16.0. The van der Waals surface area contributed by atoms with Gasteiger partial charge in [-0.3, -0.25) is 0 Å². The molecule has 0 aromatic carbocycles. The number of rotatable bonds is 1. The Morgan fingerprint density at radius 1 is 1.27 bits per heavy atom. The van der Waals surface area contributed by atoms with Crippen LogP contribution in [0.1, 0.15) is 44.9 Å². The minimum atomic E-state index is -0.186. The molecule has 6 heteroatoms. The predicted molar refractivity (Wildman–Crippen MR) is 100 cm³/mol. The summed E-state index contributed by atoms with van der Waals surface area (Å²) < 4.78 is 12.1. The van der Waals surface area contributed by atoms with Gasteiger partial charge in [-0.25, -0.2) is 15.0 Å². The smallest absolute Gasteiger partial charge is 0.229 e. The molecule has 0 unspecified atom stereocenters. The molecule has 0 amide bonds. The van der Waals surface area contributed by atoms with Gasteiger partial charge < -0.3 is 14.1 Å². The number of pyridine rings is 1. The molecular weight excluding hydrogens is 328 g/mol. The minimum absolute atomic E-state index is 0.186. The molecule has 2 aliphatic heterocycles. The Labute approximate surface area is 152 Å². The van der Waals surface area contributed by atoms with Gasteiger partial charge in [0.25, 0.3) is 0 Å². The molecule has 1 fully saturated rings. The minimum Gasteiger partial charge on any atom is -0.432 e. The van der Waals surface area contributed by atoms with Crippen molar-refractivity contribution in [3.8, 4) is 0 Å². The summed E-state index contributed by atoms with van der Waals surface area (Å²) in [6.07, 6.45) is 4.89. The van der Waals surface area contributed by atoms with Gasteiger partial charge in [0.1, 0.15) is 11.8 Å². The van der Waals surface area contributed by atoms with Gasteiger partial charge >= 0.3 is 0 Å². The maximum Gasteiger partial charge on any atom is 0.229 e. The predicted octanol–water partition coefficient (Wildman–Crippen LogP) is 3.86. The van der Waals surface area contributed by atoms with Gasteiger partial charge in [-0.2, -0.15) is 0 Å². The zero-order valence-corrected chi connectivity index (χ0v) is 15.6. The largest absolute Gasteiger partial charge is 0.432 e. The monoisotopic (exact) mass is 352 g/mol. The highest BCUT2D eigenvalue weighted by Crippen LogP contribution is 2.36. The lowest BCUT2D eigenvalue weighted by atomic mass is 9.95. The molecule has 1 saturated heterocycles. The summed E-state index contributed by atoms with van der Waals surface area (Å²) in [4.78, 5) is 16.2. The van der Waals surface area contributed by atoms with Crippen molar-refractivity contribution in [3.63, 3.8) is 0 Å². The van der Waals surface area contributed by atoms with Crippen molar-refractivity contribution >= 4 is 28.0 Å². The topological polar surface area (TPSA) is 64.3 Å². The summed E-state index contributed by atoms with van der Waals surface area (Å²) in [5.74, 6) is 1.57. The SMILES string of the molecule is C[C@@H]1CCCN(c2ncnc3c2oc2nc4c(cc23)COC(C)(C)C4)C1. The van der Waals surface area contributed by atoms with Crippen LogP contribution in [0.15, 0.2) is 16.8 Å². The molecule has 26 heavy (non-hydrogen) atoms. The Balaban J connectivity index is 1.66. The highest BCUT2D eigenvalue weighted by atomic mass is 16.5. The van der Waals surface area contributed by atoms with Crippen LogP contribution in [-0.4, -0.2) is 33.6 Å². The van der Waals surface area contributed by atoms with Crippen molar-refractivity contribution in [1.82, 2.24) is 15.0 Å². The third kappa shape index (κ3) is 2.55. The van der Waals surface area contributed by atoms with Crippen molar-refractivity contribution in [1.29, 1.82) is 0 Å². The van der Waals surface area contributed by atoms with Crippen LogP contribution in [0.25, 0.3) is 22.2 Å². The summed E-state index contributed by atoms with van der Waals surface area (Å²) in [6.45, 7) is 9.09. The third-order valence-corrected chi connectivity index (χ3v) is 5.56. The van der Waals surface area contributed by atoms with Gasteiger partial charge in [0, 0.05) is 25.1 Å². The highest BCUT2D eigenvalue weighted by molar-refractivity contribution is 6.04. The Hall–Kier alpha value is -2.21. The van der Waals surface area contributed by atoms with E-state index in [9.17, 15) is 0 Å². The van der Waals surface area contributed by atoms with Gasteiger partial charge in [0.15, 0.2) is 11.4 Å². The lowest BCUT2D eigenvalue weighted by Crippen LogP contribution is -2.34. The molecule has 5 heterocycles. The van der Waals surface area contributed by atoms with E-state index in [0.717, 1.165) is 53.1 Å². The second kappa shape index (κ2) is 5.64. The number of ether oxygens (including phenoxy) is 1. The fourth-order valence-corrected chi connectivity index (χ4v) is 4.18.